The Bertz CT molecular complexity index is 547. The number of carbonyl (C=O) groups is 2. The molecule has 2 N–H and O–H groups in total. The molecule has 0 radical (unpaired) electrons. The largest absolute Gasteiger partial charge is 0.481 e. The molecule has 2 aliphatic rings. The van der Waals surface area contributed by atoms with Crippen molar-refractivity contribution in [3.63, 3.8) is 0 Å². The van der Waals surface area contributed by atoms with Gasteiger partial charge in [0.15, 0.2) is 9.84 Å². The fraction of sp³-hybridized carbons (Fsp3) is 0.846. The third-order valence-corrected chi connectivity index (χ3v) is 6.47. The second kappa shape index (κ2) is 5.47. The van der Waals surface area contributed by atoms with Crippen LogP contribution in [0.25, 0.3) is 0 Å². The van der Waals surface area contributed by atoms with Crippen LogP contribution >= 0.6 is 0 Å². The van der Waals surface area contributed by atoms with Crippen LogP contribution in [0, 0.1) is 5.41 Å². The van der Waals surface area contributed by atoms with Crippen molar-refractivity contribution in [2.75, 3.05) is 18.1 Å². The minimum absolute atomic E-state index is 0.0361. The lowest BCUT2D eigenvalue weighted by molar-refractivity contribution is -0.148. The number of carboxylic acid groups (broad SMARTS) is 1. The lowest BCUT2D eigenvalue weighted by atomic mass is 9.85. The van der Waals surface area contributed by atoms with Gasteiger partial charge >= 0.3 is 12.0 Å². The highest BCUT2D eigenvalue weighted by Crippen LogP contribution is 2.38. The Morgan fingerprint density at radius 1 is 1.38 bits per heavy atom. The van der Waals surface area contributed by atoms with Crippen LogP contribution in [-0.4, -0.2) is 60.6 Å². The number of hydrogen-bond acceptors (Lipinski definition) is 4. The monoisotopic (exact) mass is 318 g/mol. The Morgan fingerprint density at radius 3 is 2.62 bits per heavy atom. The molecule has 0 aromatic heterocycles. The van der Waals surface area contributed by atoms with Crippen molar-refractivity contribution in [3.05, 3.63) is 0 Å². The summed E-state index contributed by atoms with van der Waals surface area (Å²) in [6.45, 7) is 3.50. The molecule has 2 fully saturated rings. The molecule has 2 amide bonds. The molecule has 1 aliphatic carbocycles. The zero-order chi connectivity index (χ0) is 15.8. The van der Waals surface area contributed by atoms with Crippen LogP contribution in [0.5, 0.6) is 0 Å². The molecule has 8 heteroatoms. The van der Waals surface area contributed by atoms with Crippen LogP contribution in [0.15, 0.2) is 0 Å². The maximum absolute atomic E-state index is 12.3. The fourth-order valence-electron chi connectivity index (χ4n) is 3.19. The van der Waals surface area contributed by atoms with Crippen LogP contribution < -0.4 is 5.32 Å². The van der Waals surface area contributed by atoms with E-state index in [1.165, 1.54) is 4.90 Å². The summed E-state index contributed by atoms with van der Waals surface area (Å²) in [6, 6.07) is -1.16. The topological polar surface area (TPSA) is 104 Å². The van der Waals surface area contributed by atoms with Crippen LogP contribution in [0.3, 0.4) is 0 Å². The first-order valence-electron chi connectivity index (χ1n) is 7.17. The molecule has 3 unspecified atom stereocenters. The predicted molar refractivity (Wildman–Crippen MR) is 76.7 cm³/mol. The number of carbonyl (C=O) groups excluding carboxylic acids is 1. The second-order valence-electron chi connectivity index (χ2n) is 6.27. The van der Waals surface area contributed by atoms with Gasteiger partial charge < -0.3 is 15.3 Å². The number of rotatable bonds is 2. The molecular weight excluding hydrogens is 296 g/mol. The summed E-state index contributed by atoms with van der Waals surface area (Å²) in [4.78, 5) is 25.2. The minimum atomic E-state index is -3.08. The third kappa shape index (κ3) is 3.14. The van der Waals surface area contributed by atoms with E-state index in [2.05, 4.69) is 5.32 Å². The summed E-state index contributed by atoms with van der Waals surface area (Å²) in [5.74, 6) is -0.980. The molecule has 1 aliphatic heterocycles. The summed E-state index contributed by atoms with van der Waals surface area (Å²) < 4.78 is 23.1. The summed E-state index contributed by atoms with van der Waals surface area (Å²) in [6.07, 6.45) is 1.93. The van der Waals surface area contributed by atoms with Crippen molar-refractivity contribution in [1.29, 1.82) is 0 Å². The Kier molecular flexibility index (Phi) is 4.19. The van der Waals surface area contributed by atoms with Gasteiger partial charge in [-0.05, 0) is 26.7 Å². The maximum Gasteiger partial charge on any atom is 0.317 e. The number of carboxylic acids is 1. The molecule has 7 nitrogen and oxygen atoms in total. The van der Waals surface area contributed by atoms with Crippen molar-refractivity contribution in [1.82, 2.24) is 10.2 Å². The van der Waals surface area contributed by atoms with E-state index in [9.17, 15) is 23.1 Å². The Morgan fingerprint density at radius 2 is 2.05 bits per heavy atom. The van der Waals surface area contributed by atoms with Crippen molar-refractivity contribution in [3.8, 4) is 0 Å². The first-order chi connectivity index (χ1) is 9.66. The predicted octanol–water partition coefficient (Wildman–Crippen LogP) is 0.458. The Hall–Kier alpha value is -1.31. The molecule has 0 aromatic rings. The molecule has 2 rings (SSSR count). The molecule has 1 saturated heterocycles. The van der Waals surface area contributed by atoms with Gasteiger partial charge in [-0.15, -0.1) is 0 Å². The lowest BCUT2D eigenvalue weighted by Gasteiger charge is -2.36. The molecule has 1 heterocycles. The zero-order valence-corrected chi connectivity index (χ0v) is 13.1. The molecular formula is C13H22N2O5S. The number of amides is 2. The number of sulfone groups is 1. The zero-order valence-electron chi connectivity index (χ0n) is 12.3. The second-order valence-corrected chi connectivity index (χ2v) is 8.50. The average Bonchev–Trinajstić information content (AvgIpc) is 2.71. The van der Waals surface area contributed by atoms with E-state index < -0.39 is 27.3 Å². The van der Waals surface area contributed by atoms with Gasteiger partial charge in [0.1, 0.15) is 0 Å². The number of hydrogen-bond donors (Lipinski definition) is 2. The Labute approximate surface area is 124 Å². The highest BCUT2D eigenvalue weighted by atomic mass is 32.2. The van der Waals surface area contributed by atoms with Crippen LogP contribution in [0.2, 0.25) is 0 Å². The molecule has 0 aromatic carbocycles. The summed E-state index contributed by atoms with van der Waals surface area (Å²) in [5.41, 5.74) is -0.944. The van der Waals surface area contributed by atoms with Crippen molar-refractivity contribution in [2.45, 2.75) is 45.2 Å². The number of urea groups is 1. The SMILES string of the molecule is CC1CS(=O)(=O)CCN1C(=O)NC1CCCC1(C)C(=O)O. The first-order valence-corrected chi connectivity index (χ1v) is 8.99. The fourth-order valence-corrected chi connectivity index (χ4v) is 4.74. The highest BCUT2D eigenvalue weighted by molar-refractivity contribution is 7.91. The van der Waals surface area contributed by atoms with Gasteiger partial charge in [0.25, 0.3) is 0 Å². The quantitative estimate of drug-likeness (QED) is 0.770. The smallest absolute Gasteiger partial charge is 0.317 e. The molecule has 21 heavy (non-hydrogen) atoms. The Balaban J connectivity index is 2.03. The van der Waals surface area contributed by atoms with E-state index in [1.807, 2.05) is 0 Å². The van der Waals surface area contributed by atoms with Crippen LogP contribution in [0.1, 0.15) is 33.1 Å². The molecule has 0 spiro atoms. The molecule has 120 valence electrons. The summed E-state index contributed by atoms with van der Waals surface area (Å²) in [7, 11) is -3.08. The molecule has 3 atom stereocenters. The number of nitrogens with one attached hydrogen (secondary N) is 1. The van der Waals surface area contributed by atoms with Crippen LogP contribution in [0.4, 0.5) is 4.79 Å². The van der Waals surface area contributed by atoms with E-state index in [0.717, 1.165) is 6.42 Å². The van der Waals surface area contributed by atoms with Gasteiger partial charge in [0.05, 0.1) is 16.9 Å². The molecule has 1 saturated carbocycles. The third-order valence-electron chi connectivity index (χ3n) is 4.68. The van der Waals surface area contributed by atoms with E-state index in [0.29, 0.717) is 12.8 Å². The van der Waals surface area contributed by atoms with E-state index in [4.69, 9.17) is 0 Å². The summed E-state index contributed by atoms with van der Waals surface area (Å²) in [5, 5.41) is 12.1. The normalized spacial score (nSPS) is 35.4. The average molecular weight is 318 g/mol. The lowest BCUT2D eigenvalue weighted by Crippen LogP contribution is -2.57. The van der Waals surface area contributed by atoms with Gasteiger partial charge in [0, 0.05) is 18.6 Å². The van der Waals surface area contributed by atoms with Crippen molar-refractivity contribution in [2.24, 2.45) is 5.41 Å². The van der Waals surface area contributed by atoms with E-state index in [-0.39, 0.29) is 30.1 Å². The van der Waals surface area contributed by atoms with Crippen molar-refractivity contribution >= 4 is 21.8 Å². The number of aliphatic carboxylic acids is 1. The maximum atomic E-state index is 12.3. The van der Waals surface area contributed by atoms with E-state index >= 15 is 0 Å². The van der Waals surface area contributed by atoms with Gasteiger partial charge in [-0.3, -0.25) is 4.79 Å². The van der Waals surface area contributed by atoms with Gasteiger partial charge in [-0.2, -0.15) is 0 Å². The molecule has 0 bridgehead atoms. The van der Waals surface area contributed by atoms with Gasteiger partial charge in [-0.25, -0.2) is 13.2 Å². The van der Waals surface area contributed by atoms with Gasteiger partial charge in [0.2, 0.25) is 0 Å². The van der Waals surface area contributed by atoms with Crippen molar-refractivity contribution < 1.29 is 23.1 Å². The van der Waals surface area contributed by atoms with E-state index in [1.54, 1.807) is 13.8 Å². The van der Waals surface area contributed by atoms with Gasteiger partial charge in [-0.1, -0.05) is 6.42 Å². The standard InChI is InChI=1S/C13H22N2O5S/c1-9-8-21(19,20)7-6-15(9)12(18)14-10-4-3-5-13(10,2)11(16)17/h9-10H,3-8H2,1-2H3,(H,14,18)(H,16,17). The number of nitrogens with zero attached hydrogens (tertiary/aromatic N) is 1. The van der Waals surface area contributed by atoms with Crippen LogP contribution in [-0.2, 0) is 14.6 Å². The summed E-state index contributed by atoms with van der Waals surface area (Å²) >= 11 is 0. The first kappa shape index (κ1) is 16.1. The highest BCUT2D eigenvalue weighted by Gasteiger charge is 2.46. The minimum Gasteiger partial charge on any atom is -0.481 e.